The largest absolute Gasteiger partial charge is 0.390 e. The lowest BCUT2D eigenvalue weighted by atomic mass is 10.0. The Balaban J connectivity index is 1.68. The van der Waals surface area contributed by atoms with Gasteiger partial charge in [0.05, 0.1) is 48.4 Å². The molecule has 0 amide bonds. The number of pyridine rings is 1. The summed E-state index contributed by atoms with van der Waals surface area (Å²) < 4.78 is 7.28. The van der Waals surface area contributed by atoms with Crippen molar-refractivity contribution in [2.45, 2.75) is 46.8 Å². The molecule has 188 valence electrons. The maximum absolute atomic E-state index is 9.97. The van der Waals surface area contributed by atoms with E-state index in [1.807, 2.05) is 42.8 Å². The van der Waals surface area contributed by atoms with Gasteiger partial charge in [-0.2, -0.15) is 0 Å². The highest BCUT2D eigenvalue weighted by Gasteiger charge is 2.23. The minimum atomic E-state index is -0.190. The Morgan fingerprint density at radius 2 is 1.81 bits per heavy atom. The van der Waals surface area contributed by atoms with Crippen LogP contribution in [0.25, 0.3) is 17.1 Å². The van der Waals surface area contributed by atoms with Crippen LogP contribution in [0.4, 0.5) is 5.82 Å². The molecule has 0 unspecified atom stereocenters. The van der Waals surface area contributed by atoms with E-state index in [1.54, 1.807) is 13.4 Å². The van der Waals surface area contributed by atoms with E-state index in [2.05, 4.69) is 63.2 Å². The second-order valence-corrected chi connectivity index (χ2v) is 9.00. The van der Waals surface area contributed by atoms with Crippen LogP contribution < -0.4 is 4.90 Å². The number of aryl methyl sites for hydroxylation is 3. The number of rotatable bonds is 10. The normalized spacial score (nSPS) is 12.1. The average molecular weight is 487 g/mol. The van der Waals surface area contributed by atoms with Crippen LogP contribution in [0.3, 0.4) is 0 Å². The molecule has 8 heteroatoms. The SMILES string of the molecule is CC[C@@H](c1ccc(C)cc1)N(CCOC)c1nnc(-c2ccc(-n3cnc(C)c3)c(CO)n2)cc1C. The van der Waals surface area contributed by atoms with Crippen molar-refractivity contribution in [1.82, 2.24) is 24.7 Å². The highest BCUT2D eigenvalue weighted by Crippen LogP contribution is 2.31. The monoisotopic (exact) mass is 486 g/mol. The molecule has 4 aromatic rings. The molecule has 0 aliphatic heterocycles. The van der Waals surface area contributed by atoms with E-state index in [1.165, 1.54) is 11.1 Å². The molecule has 0 bridgehead atoms. The molecule has 3 heterocycles. The second-order valence-electron chi connectivity index (χ2n) is 9.00. The Morgan fingerprint density at radius 1 is 1.03 bits per heavy atom. The van der Waals surface area contributed by atoms with Gasteiger partial charge in [0, 0.05) is 19.9 Å². The fourth-order valence-electron chi connectivity index (χ4n) is 4.45. The zero-order chi connectivity index (χ0) is 25.7. The van der Waals surface area contributed by atoms with Crippen LogP contribution in [-0.4, -0.2) is 50.1 Å². The third kappa shape index (κ3) is 5.45. The summed E-state index contributed by atoms with van der Waals surface area (Å²) in [5, 5.41) is 19.2. The number of aromatic nitrogens is 5. The summed E-state index contributed by atoms with van der Waals surface area (Å²) in [5.74, 6) is 0.830. The van der Waals surface area contributed by atoms with Crippen LogP contribution in [0.1, 0.15) is 47.5 Å². The van der Waals surface area contributed by atoms with Gasteiger partial charge >= 0.3 is 0 Å². The second kappa shape index (κ2) is 11.4. The van der Waals surface area contributed by atoms with Gasteiger partial charge in [0.1, 0.15) is 5.69 Å². The summed E-state index contributed by atoms with van der Waals surface area (Å²) in [5.41, 5.74) is 7.05. The Kier molecular flexibility index (Phi) is 8.07. The molecule has 0 aliphatic rings. The fraction of sp³-hybridized carbons (Fsp3) is 0.357. The Bertz CT molecular complexity index is 1300. The molecule has 0 spiro atoms. The molecule has 0 aliphatic carbocycles. The molecule has 1 N–H and O–H groups in total. The fourth-order valence-corrected chi connectivity index (χ4v) is 4.45. The van der Waals surface area contributed by atoms with Gasteiger partial charge in [-0.25, -0.2) is 9.97 Å². The smallest absolute Gasteiger partial charge is 0.154 e. The first-order valence-corrected chi connectivity index (χ1v) is 12.2. The van der Waals surface area contributed by atoms with Crippen LogP contribution >= 0.6 is 0 Å². The summed E-state index contributed by atoms with van der Waals surface area (Å²) in [6.45, 7) is 9.35. The van der Waals surface area contributed by atoms with Gasteiger partial charge in [-0.05, 0) is 56.5 Å². The van der Waals surface area contributed by atoms with E-state index in [-0.39, 0.29) is 12.6 Å². The standard InChI is InChI=1S/C28H34N6O2/c1-6-26(22-9-7-19(2)8-10-22)34(13-14-36-5)28-20(3)15-24(31-32-28)23-11-12-27(25(17-35)30-23)33-16-21(4)29-18-33/h7-12,15-16,18,26,35H,6,13-14,17H2,1-5H3/t26-/m0/s1. The molecule has 0 saturated carbocycles. The molecule has 0 saturated heterocycles. The van der Waals surface area contributed by atoms with Crippen molar-refractivity contribution in [3.8, 4) is 17.1 Å². The topological polar surface area (TPSA) is 89.2 Å². The molecule has 1 aromatic carbocycles. The number of imidazole rings is 1. The maximum Gasteiger partial charge on any atom is 0.154 e. The third-order valence-corrected chi connectivity index (χ3v) is 6.34. The van der Waals surface area contributed by atoms with Crippen molar-refractivity contribution in [3.05, 3.63) is 83.1 Å². The number of hydrogen-bond donors (Lipinski definition) is 1. The molecule has 36 heavy (non-hydrogen) atoms. The predicted octanol–water partition coefficient (Wildman–Crippen LogP) is 4.75. The molecule has 4 rings (SSSR count). The van der Waals surface area contributed by atoms with Crippen LogP contribution in [-0.2, 0) is 11.3 Å². The number of anilines is 1. The van der Waals surface area contributed by atoms with E-state index >= 15 is 0 Å². The Labute approximate surface area is 212 Å². The van der Waals surface area contributed by atoms with Crippen LogP contribution in [0.15, 0.2) is 55.0 Å². The quantitative estimate of drug-likeness (QED) is 0.346. The average Bonchev–Trinajstić information content (AvgIpc) is 3.33. The summed E-state index contributed by atoms with van der Waals surface area (Å²) in [7, 11) is 1.71. The minimum Gasteiger partial charge on any atom is -0.390 e. The van der Waals surface area contributed by atoms with Gasteiger partial charge in [-0.3, -0.25) is 0 Å². The van der Waals surface area contributed by atoms with Gasteiger partial charge < -0.3 is 19.3 Å². The lowest BCUT2D eigenvalue weighted by Gasteiger charge is -2.33. The van der Waals surface area contributed by atoms with E-state index < -0.39 is 0 Å². The lowest BCUT2D eigenvalue weighted by Crippen LogP contribution is -2.33. The van der Waals surface area contributed by atoms with Crippen molar-refractivity contribution >= 4 is 5.82 Å². The molecule has 8 nitrogen and oxygen atoms in total. The van der Waals surface area contributed by atoms with Gasteiger partial charge in [0.2, 0.25) is 0 Å². The summed E-state index contributed by atoms with van der Waals surface area (Å²) >= 11 is 0. The molecule has 1 atom stereocenters. The third-order valence-electron chi connectivity index (χ3n) is 6.34. The number of aliphatic hydroxyl groups excluding tert-OH is 1. The number of benzene rings is 1. The molecular formula is C28H34N6O2. The highest BCUT2D eigenvalue weighted by molar-refractivity contribution is 5.61. The van der Waals surface area contributed by atoms with Crippen molar-refractivity contribution in [3.63, 3.8) is 0 Å². The first-order chi connectivity index (χ1) is 17.4. The Hall–Kier alpha value is -3.62. The van der Waals surface area contributed by atoms with Gasteiger partial charge in [-0.1, -0.05) is 36.8 Å². The van der Waals surface area contributed by atoms with Crippen molar-refractivity contribution in [1.29, 1.82) is 0 Å². The number of ether oxygens (including phenoxy) is 1. The number of nitrogens with zero attached hydrogens (tertiary/aromatic N) is 6. The number of aliphatic hydroxyl groups is 1. The van der Waals surface area contributed by atoms with Gasteiger partial charge in [0.15, 0.2) is 5.82 Å². The summed E-state index contributed by atoms with van der Waals surface area (Å²) in [6, 6.07) is 14.6. The Morgan fingerprint density at radius 3 is 2.42 bits per heavy atom. The van der Waals surface area contributed by atoms with E-state index in [4.69, 9.17) is 4.74 Å². The molecule has 3 aromatic heterocycles. The van der Waals surface area contributed by atoms with Crippen molar-refractivity contribution in [2.24, 2.45) is 0 Å². The van der Waals surface area contributed by atoms with E-state index in [0.29, 0.717) is 30.2 Å². The first-order valence-electron chi connectivity index (χ1n) is 12.2. The van der Waals surface area contributed by atoms with Crippen molar-refractivity contribution in [2.75, 3.05) is 25.2 Å². The van der Waals surface area contributed by atoms with Crippen LogP contribution in [0.5, 0.6) is 0 Å². The first kappa shape index (κ1) is 25.5. The highest BCUT2D eigenvalue weighted by atomic mass is 16.5. The number of hydrogen-bond acceptors (Lipinski definition) is 7. The van der Waals surface area contributed by atoms with Gasteiger partial charge in [0.25, 0.3) is 0 Å². The van der Waals surface area contributed by atoms with Crippen molar-refractivity contribution < 1.29 is 9.84 Å². The van der Waals surface area contributed by atoms with Crippen LogP contribution in [0.2, 0.25) is 0 Å². The zero-order valence-corrected chi connectivity index (χ0v) is 21.6. The van der Waals surface area contributed by atoms with Crippen LogP contribution in [0, 0.1) is 20.8 Å². The van der Waals surface area contributed by atoms with E-state index in [9.17, 15) is 5.11 Å². The summed E-state index contributed by atoms with van der Waals surface area (Å²) in [4.78, 5) is 11.2. The summed E-state index contributed by atoms with van der Waals surface area (Å²) in [6.07, 6.45) is 4.55. The molecule has 0 radical (unpaired) electrons. The molecular weight excluding hydrogens is 452 g/mol. The molecule has 0 fully saturated rings. The zero-order valence-electron chi connectivity index (χ0n) is 21.6. The van der Waals surface area contributed by atoms with E-state index in [0.717, 1.165) is 29.2 Å². The lowest BCUT2D eigenvalue weighted by molar-refractivity contribution is 0.202. The predicted molar refractivity (Wildman–Crippen MR) is 141 cm³/mol. The minimum absolute atomic E-state index is 0.150. The van der Waals surface area contributed by atoms with Gasteiger partial charge in [-0.15, -0.1) is 10.2 Å². The number of methoxy groups -OCH3 is 1. The maximum atomic E-state index is 9.97.